The van der Waals surface area contributed by atoms with Crippen molar-refractivity contribution in [1.29, 1.82) is 0 Å². The fourth-order valence-electron chi connectivity index (χ4n) is 5.86. The summed E-state index contributed by atoms with van der Waals surface area (Å²) in [6, 6.07) is 3.54. The highest BCUT2D eigenvalue weighted by molar-refractivity contribution is 5.92. The summed E-state index contributed by atoms with van der Waals surface area (Å²) in [6.07, 6.45) is 4.15. The molecule has 34 heavy (non-hydrogen) atoms. The van der Waals surface area contributed by atoms with Crippen LogP contribution < -0.4 is 10.9 Å². The third-order valence-electron chi connectivity index (χ3n) is 7.65. The lowest BCUT2D eigenvalue weighted by Gasteiger charge is -2.21. The second-order valence-electron chi connectivity index (χ2n) is 9.38. The van der Waals surface area contributed by atoms with Crippen molar-refractivity contribution in [3.05, 3.63) is 61.7 Å². The summed E-state index contributed by atoms with van der Waals surface area (Å²) in [7, 11) is 3.50. The van der Waals surface area contributed by atoms with Crippen molar-refractivity contribution in [3.63, 3.8) is 0 Å². The molecule has 6 nitrogen and oxygen atoms in total. The average molecular weight is 464 g/mol. The standard InChI is InChI=1S/C27H30FN3O3/c1-5-15(12-32)17-9-23-26-18(11-31(23)27(33)19(17)13-34-4)25-21(29-3)8-6-7-16-14(2)20(28)10-22(30-26)24(16)25/h9-10,12,15,21,29H,5-8,11,13H2,1-4H3. The van der Waals surface area contributed by atoms with Crippen molar-refractivity contribution >= 4 is 17.2 Å². The minimum absolute atomic E-state index is 0.0895. The van der Waals surface area contributed by atoms with Crippen molar-refractivity contribution < 1.29 is 13.9 Å². The number of aldehydes is 1. The van der Waals surface area contributed by atoms with E-state index in [-0.39, 0.29) is 24.0 Å². The smallest absolute Gasteiger partial charge is 0.257 e. The summed E-state index contributed by atoms with van der Waals surface area (Å²) in [5, 5.41) is 4.47. The molecule has 178 valence electrons. The molecule has 2 unspecified atom stereocenters. The number of aromatic nitrogens is 2. The zero-order chi connectivity index (χ0) is 24.1. The van der Waals surface area contributed by atoms with Crippen LogP contribution in [-0.4, -0.2) is 30.0 Å². The van der Waals surface area contributed by atoms with Crippen LogP contribution in [0.4, 0.5) is 4.39 Å². The molecule has 2 aromatic heterocycles. The van der Waals surface area contributed by atoms with Gasteiger partial charge < -0.3 is 19.4 Å². The summed E-state index contributed by atoms with van der Waals surface area (Å²) in [6.45, 7) is 4.32. The van der Waals surface area contributed by atoms with Gasteiger partial charge in [-0.25, -0.2) is 9.37 Å². The second-order valence-corrected chi connectivity index (χ2v) is 9.38. The number of methoxy groups -OCH3 is 1. The van der Waals surface area contributed by atoms with Crippen molar-refractivity contribution in [3.8, 4) is 11.4 Å². The number of ether oxygens (including phenoxy) is 1. The van der Waals surface area contributed by atoms with Gasteiger partial charge in [-0.15, -0.1) is 0 Å². The van der Waals surface area contributed by atoms with Crippen molar-refractivity contribution in [2.45, 2.75) is 64.6 Å². The Bertz CT molecular complexity index is 1380. The van der Waals surface area contributed by atoms with Crippen LogP contribution in [0, 0.1) is 12.7 Å². The Labute approximate surface area is 198 Å². The van der Waals surface area contributed by atoms with Crippen LogP contribution in [-0.2, 0) is 29.1 Å². The van der Waals surface area contributed by atoms with Gasteiger partial charge in [0.1, 0.15) is 12.1 Å². The average Bonchev–Trinajstić information content (AvgIpc) is 3.07. The van der Waals surface area contributed by atoms with Crippen LogP contribution in [0.3, 0.4) is 0 Å². The first kappa shape index (κ1) is 22.9. The van der Waals surface area contributed by atoms with Crippen LogP contribution in [0.25, 0.3) is 22.3 Å². The zero-order valence-electron chi connectivity index (χ0n) is 20.1. The van der Waals surface area contributed by atoms with Crippen molar-refractivity contribution in [2.75, 3.05) is 14.2 Å². The molecule has 5 rings (SSSR count). The fraction of sp³-hybridized carbons (Fsp3) is 0.444. The van der Waals surface area contributed by atoms with Crippen LogP contribution in [0.2, 0.25) is 0 Å². The minimum atomic E-state index is -0.397. The molecule has 1 N–H and O–H groups in total. The van der Waals surface area contributed by atoms with E-state index < -0.39 is 5.92 Å². The number of carbonyl (C=O) groups excluding carboxylic acids is 1. The summed E-state index contributed by atoms with van der Waals surface area (Å²) >= 11 is 0. The highest BCUT2D eigenvalue weighted by Gasteiger charge is 2.33. The molecule has 1 aromatic carbocycles. The van der Waals surface area contributed by atoms with E-state index in [0.717, 1.165) is 47.6 Å². The lowest BCUT2D eigenvalue weighted by Crippen LogP contribution is -2.26. The molecule has 0 fully saturated rings. The topological polar surface area (TPSA) is 73.2 Å². The van der Waals surface area contributed by atoms with E-state index in [0.29, 0.717) is 46.6 Å². The maximum atomic E-state index is 14.9. The highest BCUT2D eigenvalue weighted by Crippen LogP contribution is 2.44. The van der Waals surface area contributed by atoms with Gasteiger partial charge in [0, 0.05) is 41.6 Å². The summed E-state index contributed by atoms with van der Waals surface area (Å²) in [5.41, 5.74) is 6.92. The second kappa shape index (κ2) is 8.71. The number of nitrogens with one attached hydrogen (secondary N) is 1. The van der Waals surface area contributed by atoms with Crippen LogP contribution in [0.1, 0.15) is 71.5 Å². The summed E-state index contributed by atoms with van der Waals surface area (Å²) in [5.74, 6) is -0.645. The van der Waals surface area contributed by atoms with E-state index in [1.165, 1.54) is 6.07 Å². The van der Waals surface area contributed by atoms with E-state index in [2.05, 4.69) is 5.32 Å². The number of halogens is 1. The first-order valence-electron chi connectivity index (χ1n) is 12.0. The Morgan fingerprint density at radius 2 is 2.15 bits per heavy atom. The molecule has 0 amide bonds. The molecule has 0 spiro atoms. The Hall–Kier alpha value is -2.90. The van der Waals surface area contributed by atoms with Gasteiger partial charge in [-0.05, 0) is 68.0 Å². The largest absolute Gasteiger partial charge is 0.380 e. The maximum absolute atomic E-state index is 14.9. The normalized spacial score (nSPS) is 17.4. The van der Waals surface area contributed by atoms with Crippen LogP contribution in [0.5, 0.6) is 0 Å². The van der Waals surface area contributed by atoms with E-state index in [4.69, 9.17) is 9.72 Å². The quantitative estimate of drug-likeness (QED) is 0.432. The molecule has 3 aromatic rings. The van der Waals surface area contributed by atoms with Gasteiger partial charge >= 0.3 is 0 Å². The Morgan fingerprint density at radius 1 is 1.35 bits per heavy atom. The predicted octanol–water partition coefficient (Wildman–Crippen LogP) is 4.31. The number of nitrogens with zero attached hydrogens (tertiary/aromatic N) is 2. The number of rotatable bonds is 6. The molecular weight excluding hydrogens is 433 g/mol. The number of pyridine rings is 2. The third kappa shape index (κ3) is 3.25. The van der Waals surface area contributed by atoms with Crippen molar-refractivity contribution in [2.24, 2.45) is 0 Å². The van der Waals surface area contributed by atoms with E-state index in [1.54, 1.807) is 11.7 Å². The van der Waals surface area contributed by atoms with E-state index >= 15 is 0 Å². The molecule has 3 heterocycles. The number of carbonyl (C=O) groups is 1. The highest BCUT2D eigenvalue weighted by atomic mass is 19.1. The molecular formula is C27H30FN3O3. The molecule has 1 aliphatic carbocycles. The number of fused-ring (bicyclic) bond motifs is 4. The van der Waals surface area contributed by atoms with Gasteiger partial charge in [-0.2, -0.15) is 0 Å². The Morgan fingerprint density at radius 3 is 2.82 bits per heavy atom. The fourth-order valence-corrected chi connectivity index (χ4v) is 5.86. The van der Waals surface area contributed by atoms with E-state index in [9.17, 15) is 14.0 Å². The molecule has 0 radical (unpaired) electrons. The molecule has 2 aliphatic rings. The molecule has 0 saturated heterocycles. The zero-order valence-corrected chi connectivity index (χ0v) is 20.1. The van der Waals surface area contributed by atoms with E-state index in [1.807, 2.05) is 27.0 Å². The van der Waals surface area contributed by atoms with Gasteiger partial charge in [0.05, 0.1) is 30.1 Å². The molecule has 1 aliphatic heterocycles. The van der Waals surface area contributed by atoms with Gasteiger partial charge in [0.2, 0.25) is 0 Å². The van der Waals surface area contributed by atoms with Gasteiger partial charge in [-0.3, -0.25) is 4.79 Å². The lowest BCUT2D eigenvalue weighted by molar-refractivity contribution is -0.109. The van der Waals surface area contributed by atoms with Crippen LogP contribution in [0.15, 0.2) is 16.9 Å². The third-order valence-corrected chi connectivity index (χ3v) is 7.65. The Kier molecular flexibility index (Phi) is 5.86. The summed E-state index contributed by atoms with van der Waals surface area (Å²) in [4.78, 5) is 30.4. The lowest BCUT2D eigenvalue weighted by atomic mass is 9.90. The van der Waals surface area contributed by atoms with Crippen LogP contribution >= 0.6 is 0 Å². The predicted molar refractivity (Wildman–Crippen MR) is 130 cm³/mol. The summed E-state index contributed by atoms with van der Waals surface area (Å²) < 4.78 is 22.0. The monoisotopic (exact) mass is 463 g/mol. The first-order chi connectivity index (χ1) is 16.4. The van der Waals surface area contributed by atoms with Crippen molar-refractivity contribution in [1.82, 2.24) is 14.9 Å². The number of benzene rings is 1. The number of hydrogen-bond donors (Lipinski definition) is 1. The number of hydrogen-bond acceptors (Lipinski definition) is 5. The Balaban J connectivity index is 1.87. The molecule has 7 heteroatoms. The molecule has 0 saturated carbocycles. The number of aryl methyl sites for hydroxylation is 1. The van der Waals surface area contributed by atoms with Gasteiger partial charge in [0.15, 0.2) is 0 Å². The van der Waals surface area contributed by atoms with Gasteiger partial charge in [-0.1, -0.05) is 6.92 Å². The first-order valence-corrected chi connectivity index (χ1v) is 12.0. The SMILES string of the molecule is CCC(C=O)c1cc2n(c(=O)c1COC)Cc1c-2nc2cc(F)c(C)c3c2c1C(NC)CCC3. The maximum Gasteiger partial charge on any atom is 0.257 e. The minimum Gasteiger partial charge on any atom is -0.380 e. The molecule has 2 atom stereocenters. The molecule has 0 bridgehead atoms. The van der Waals surface area contributed by atoms with Gasteiger partial charge in [0.25, 0.3) is 5.56 Å².